The Hall–Kier alpha value is -1.23. The molecule has 3 atom stereocenters. The molecule has 1 aliphatic carbocycles. The van der Waals surface area contributed by atoms with Crippen LogP contribution in [0.5, 0.6) is 5.75 Å². The Balaban J connectivity index is 2.21. The molecule has 17 heavy (non-hydrogen) atoms. The summed E-state index contributed by atoms with van der Waals surface area (Å²) in [7, 11) is 0. The molecule has 1 aliphatic rings. The lowest BCUT2D eigenvalue weighted by atomic mass is 10.0. The van der Waals surface area contributed by atoms with E-state index in [2.05, 4.69) is 4.74 Å². The summed E-state index contributed by atoms with van der Waals surface area (Å²) in [5, 5.41) is 0. The minimum Gasteiger partial charge on any atom is -0.405 e. The number of ether oxygens (including phenoxy) is 1. The highest BCUT2D eigenvalue weighted by Gasteiger charge is 2.40. The number of alkyl halides is 3. The summed E-state index contributed by atoms with van der Waals surface area (Å²) >= 11 is 0. The molecule has 1 fully saturated rings. The Morgan fingerprint density at radius 2 is 1.94 bits per heavy atom. The fourth-order valence-corrected chi connectivity index (χ4v) is 2.06. The summed E-state index contributed by atoms with van der Waals surface area (Å²) in [5.74, 6) is 0.545. The molecule has 0 saturated heterocycles. The largest absolute Gasteiger partial charge is 0.573 e. The van der Waals surface area contributed by atoms with Crippen molar-refractivity contribution in [2.24, 2.45) is 17.6 Å². The number of hydrogen-bond acceptors (Lipinski definition) is 2. The van der Waals surface area contributed by atoms with Gasteiger partial charge in [-0.25, -0.2) is 0 Å². The second-order valence-electron chi connectivity index (χ2n) is 4.49. The van der Waals surface area contributed by atoms with Gasteiger partial charge < -0.3 is 10.5 Å². The Kier molecular flexibility index (Phi) is 3.03. The summed E-state index contributed by atoms with van der Waals surface area (Å²) in [6, 6.07) is 5.69. The third-order valence-electron chi connectivity index (χ3n) is 3.14. The Labute approximate surface area is 97.6 Å². The second kappa shape index (κ2) is 4.22. The van der Waals surface area contributed by atoms with Crippen LogP contribution in [0.25, 0.3) is 0 Å². The number of rotatable bonds is 3. The molecule has 0 radical (unpaired) electrons. The predicted octanol–water partition coefficient (Wildman–Crippen LogP) is 3.24. The van der Waals surface area contributed by atoms with E-state index in [4.69, 9.17) is 5.73 Å². The van der Waals surface area contributed by atoms with Gasteiger partial charge in [0.25, 0.3) is 0 Å². The van der Waals surface area contributed by atoms with Crippen LogP contribution in [0.3, 0.4) is 0 Å². The van der Waals surface area contributed by atoms with Gasteiger partial charge in [0.15, 0.2) is 0 Å². The first-order valence-electron chi connectivity index (χ1n) is 5.49. The quantitative estimate of drug-likeness (QED) is 0.887. The standard InChI is InChI=1S/C12H14F3NO/c1-7-6-9(7)11(16)8-4-2-3-5-10(8)17-12(13,14)15/h2-5,7,9,11H,6,16H2,1H3. The summed E-state index contributed by atoms with van der Waals surface area (Å²) in [6.07, 6.45) is -3.72. The fourth-order valence-electron chi connectivity index (χ4n) is 2.06. The van der Waals surface area contributed by atoms with Gasteiger partial charge in [-0.15, -0.1) is 13.2 Å². The molecule has 0 aromatic heterocycles. The highest BCUT2D eigenvalue weighted by molar-refractivity contribution is 5.37. The van der Waals surface area contributed by atoms with E-state index in [1.54, 1.807) is 12.1 Å². The van der Waals surface area contributed by atoms with Crippen LogP contribution in [0, 0.1) is 11.8 Å². The number of nitrogens with two attached hydrogens (primary N) is 1. The molecule has 94 valence electrons. The molecule has 0 amide bonds. The highest BCUT2D eigenvalue weighted by atomic mass is 19.4. The van der Waals surface area contributed by atoms with E-state index in [0.717, 1.165) is 6.42 Å². The van der Waals surface area contributed by atoms with Crippen LogP contribution in [-0.2, 0) is 0 Å². The van der Waals surface area contributed by atoms with Crippen molar-refractivity contribution in [1.82, 2.24) is 0 Å². The molecular formula is C12H14F3NO. The molecule has 2 rings (SSSR count). The molecule has 0 heterocycles. The van der Waals surface area contributed by atoms with Crippen molar-refractivity contribution in [2.75, 3.05) is 0 Å². The summed E-state index contributed by atoms with van der Waals surface area (Å²) in [6.45, 7) is 2.04. The van der Waals surface area contributed by atoms with Gasteiger partial charge in [0.1, 0.15) is 5.75 Å². The van der Waals surface area contributed by atoms with E-state index in [9.17, 15) is 13.2 Å². The monoisotopic (exact) mass is 245 g/mol. The van der Waals surface area contributed by atoms with Crippen LogP contribution in [0.1, 0.15) is 24.9 Å². The van der Waals surface area contributed by atoms with Crippen LogP contribution >= 0.6 is 0 Å². The van der Waals surface area contributed by atoms with Crippen molar-refractivity contribution < 1.29 is 17.9 Å². The number of halogens is 3. The average Bonchev–Trinajstić information content (AvgIpc) is 2.93. The van der Waals surface area contributed by atoms with Gasteiger partial charge in [-0.3, -0.25) is 0 Å². The summed E-state index contributed by atoms with van der Waals surface area (Å²) in [5.41, 5.74) is 6.39. The minimum atomic E-state index is -4.68. The van der Waals surface area contributed by atoms with E-state index in [0.29, 0.717) is 11.5 Å². The second-order valence-corrected chi connectivity index (χ2v) is 4.49. The maximum atomic E-state index is 12.2. The summed E-state index contributed by atoms with van der Waals surface area (Å²) < 4.78 is 40.6. The van der Waals surface area contributed by atoms with E-state index >= 15 is 0 Å². The van der Waals surface area contributed by atoms with Crippen LogP contribution in [0.4, 0.5) is 13.2 Å². The van der Waals surface area contributed by atoms with Gasteiger partial charge in [0, 0.05) is 11.6 Å². The lowest BCUT2D eigenvalue weighted by Gasteiger charge is -2.17. The van der Waals surface area contributed by atoms with Crippen LogP contribution in [0.2, 0.25) is 0 Å². The van der Waals surface area contributed by atoms with Crippen LogP contribution < -0.4 is 10.5 Å². The van der Waals surface area contributed by atoms with Gasteiger partial charge in [-0.2, -0.15) is 0 Å². The normalized spacial score (nSPS) is 25.5. The Morgan fingerprint density at radius 3 is 2.47 bits per heavy atom. The SMILES string of the molecule is CC1CC1C(N)c1ccccc1OC(F)(F)F. The first-order valence-corrected chi connectivity index (χ1v) is 5.49. The lowest BCUT2D eigenvalue weighted by Crippen LogP contribution is -2.21. The number of hydrogen-bond donors (Lipinski definition) is 1. The van der Waals surface area contributed by atoms with Gasteiger partial charge >= 0.3 is 6.36 Å². The molecule has 1 aromatic carbocycles. The van der Waals surface area contributed by atoms with E-state index < -0.39 is 6.36 Å². The zero-order chi connectivity index (χ0) is 12.6. The predicted molar refractivity (Wildman–Crippen MR) is 57.3 cm³/mol. The van der Waals surface area contributed by atoms with Crippen molar-refractivity contribution in [3.8, 4) is 5.75 Å². The molecule has 0 aliphatic heterocycles. The maximum absolute atomic E-state index is 12.2. The molecule has 1 saturated carbocycles. The van der Waals surface area contributed by atoms with Crippen molar-refractivity contribution in [1.29, 1.82) is 0 Å². The molecule has 2 N–H and O–H groups in total. The average molecular weight is 245 g/mol. The third kappa shape index (κ3) is 2.91. The fraction of sp³-hybridized carbons (Fsp3) is 0.500. The molecule has 0 bridgehead atoms. The number of benzene rings is 1. The van der Waals surface area contributed by atoms with Crippen molar-refractivity contribution in [2.45, 2.75) is 25.7 Å². The Morgan fingerprint density at radius 1 is 1.35 bits per heavy atom. The van der Waals surface area contributed by atoms with Gasteiger partial charge in [-0.05, 0) is 24.3 Å². The van der Waals surface area contributed by atoms with E-state index in [-0.39, 0.29) is 17.7 Å². The molecular weight excluding hydrogens is 231 g/mol. The zero-order valence-corrected chi connectivity index (χ0v) is 9.37. The highest BCUT2D eigenvalue weighted by Crippen LogP contribution is 2.47. The Bertz CT molecular complexity index is 405. The van der Waals surface area contributed by atoms with Crippen molar-refractivity contribution in [3.63, 3.8) is 0 Å². The van der Waals surface area contributed by atoms with Gasteiger partial charge in [0.2, 0.25) is 0 Å². The maximum Gasteiger partial charge on any atom is 0.573 e. The first kappa shape index (κ1) is 12.2. The van der Waals surface area contributed by atoms with Crippen LogP contribution in [-0.4, -0.2) is 6.36 Å². The molecule has 5 heteroatoms. The van der Waals surface area contributed by atoms with Crippen LogP contribution in [0.15, 0.2) is 24.3 Å². The molecule has 1 aromatic rings. The zero-order valence-electron chi connectivity index (χ0n) is 9.37. The molecule has 3 unspecified atom stereocenters. The topological polar surface area (TPSA) is 35.2 Å². The van der Waals surface area contributed by atoms with E-state index in [1.165, 1.54) is 12.1 Å². The molecule has 0 spiro atoms. The smallest absolute Gasteiger partial charge is 0.405 e. The van der Waals surface area contributed by atoms with E-state index in [1.807, 2.05) is 6.92 Å². The lowest BCUT2D eigenvalue weighted by molar-refractivity contribution is -0.275. The third-order valence-corrected chi connectivity index (χ3v) is 3.14. The number of para-hydroxylation sites is 1. The van der Waals surface area contributed by atoms with Gasteiger partial charge in [0.05, 0.1) is 0 Å². The summed E-state index contributed by atoms with van der Waals surface area (Å²) in [4.78, 5) is 0. The van der Waals surface area contributed by atoms with Crippen molar-refractivity contribution >= 4 is 0 Å². The molecule has 2 nitrogen and oxygen atoms in total. The minimum absolute atomic E-state index is 0.188. The van der Waals surface area contributed by atoms with Crippen molar-refractivity contribution in [3.05, 3.63) is 29.8 Å². The van der Waals surface area contributed by atoms with Gasteiger partial charge in [-0.1, -0.05) is 25.1 Å². The first-order chi connectivity index (χ1) is 7.88.